The zero-order valence-corrected chi connectivity index (χ0v) is 17.6. The molecule has 33 heavy (non-hydrogen) atoms. The molecule has 3 heterocycles. The first-order valence-electron chi connectivity index (χ1n) is 10.4. The average Bonchev–Trinajstić information content (AvgIpc) is 2.79. The lowest BCUT2D eigenvalue weighted by Gasteiger charge is -2.47. The second kappa shape index (κ2) is 11.0. The van der Waals surface area contributed by atoms with E-state index in [0.717, 1.165) is 0 Å². The van der Waals surface area contributed by atoms with Crippen molar-refractivity contribution in [3.63, 3.8) is 0 Å². The third-order valence-corrected chi connectivity index (χ3v) is 6.05. The highest BCUT2D eigenvalue weighted by Gasteiger charge is 2.52. The van der Waals surface area contributed by atoms with Crippen LogP contribution >= 0.6 is 0 Å². The molecule has 3 aliphatic heterocycles. The van der Waals surface area contributed by atoms with Crippen molar-refractivity contribution in [2.75, 3.05) is 13.2 Å². The molecule has 3 saturated heterocycles. The van der Waals surface area contributed by atoms with E-state index in [0.29, 0.717) is 0 Å². The Morgan fingerprint density at radius 3 is 1.64 bits per heavy atom. The Morgan fingerprint density at radius 2 is 1.06 bits per heavy atom. The monoisotopic (exact) mass is 488 g/mol. The molecule has 0 aromatic carbocycles. The summed E-state index contributed by atoms with van der Waals surface area (Å²) in [6, 6.07) is 0. The fourth-order valence-corrected chi connectivity index (χ4v) is 3.99. The zero-order valence-electron chi connectivity index (χ0n) is 17.6. The summed E-state index contributed by atoms with van der Waals surface area (Å²) in [7, 11) is 0. The van der Waals surface area contributed by atoms with E-state index < -0.39 is 105 Å². The van der Waals surface area contributed by atoms with Crippen molar-refractivity contribution in [1.82, 2.24) is 0 Å². The summed E-state index contributed by atoms with van der Waals surface area (Å²) in [5, 5.41) is 100.0. The van der Waals surface area contributed by atoms with Gasteiger partial charge in [-0.05, 0) is 6.92 Å². The van der Waals surface area contributed by atoms with Gasteiger partial charge in [-0.25, -0.2) is 0 Å². The highest BCUT2D eigenvalue weighted by Crippen LogP contribution is 2.32. The van der Waals surface area contributed by atoms with Crippen molar-refractivity contribution in [3.8, 4) is 0 Å². The quantitative estimate of drug-likeness (QED) is 0.167. The molecule has 194 valence electrons. The summed E-state index contributed by atoms with van der Waals surface area (Å²) in [6.45, 7) is -0.0463. The molecule has 0 bridgehead atoms. The molecule has 15 nitrogen and oxygen atoms in total. The Balaban J connectivity index is 1.75. The fraction of sp³-hybridized carbons (Fsp3) is 1.00. The van der Waals surface area contributed by atoms with E-state index in [-0.39, 0.29) is 0 Å². The van der Waals surface area contributed by atoms with E-state index in [1.807, 2.05) is 0 Å². The number of rotatable bonds is 6. The third kappa shape index (κ3) is 5.32. The number of aliphatic hydroxyl groups is 10. The van der Waals surface area contributed by atoms with Crippen LogP contribution in [0.1, 0.15) is 6.92 Å². The Morgan fingerprint density at radius 1 is 0.545 bits per heavy atom. The molecule has 15 atom stereocenters. The summed E-state index contributed by atoms with van der Waals surface area (Å²) in [5.41, 5.74) is 0. The van der Waals surface area contributed by atoms with Crippen LogP contribution in [-0.4, -0.2) is 156 Å². The van der Waals surface area contributed by atoms with Crippen LogP contribution in [0.15, 0.2) is 0 Å². The molecule has 0 amide bonds. The van der Waals surface area contributed by atoms with Crippen LogP contribution in [0.4, 0.5) is 0 Å². The molecule has 15 heteroatoms. The van der Waals surface area contributed by atoms with Gasteiger partial charge in [0.2, 0.25) is 0 Å². The van der Waals surface area contributed by atoms with Crippen LogP contribution in [0.25, 0.3) is 0 Å². The maximum Gasteiger partial charge on any atom is 0.187 e. The van der Waals surface area contributed by atoms with Crippen molar-refractivity contribution in [2.45, 2.75) is 99.0 Å². The van der Waals surface area contributed by atoms with Crippen molar-refractivity contribution >= 4 is 0 Å². The molecule has 3 fully saturated rings. The standard InChI is InChI=1S/C18H32O15/c1-4-7(21)14(32-17-11(25)10(24)8(22)5(2-19)31-17)13(27)18(29-4)33-15-9(23)6(3-20)30-16(28)12(15)26/h4-28H,2-3H2,1H3/t4-,5+,6+,7-,8+,9+,10-,11+,12+,13+,14+,15-,16+,17-,18-/m0/s1. The van der Waals surface area contributed by atoms with Gasteiger partial charge in [-0.15, -0.1) is 0 Å². The second-order valence-corrected chi connectivity index (χ2v) is 8.32. The van der Waals surface area contributed by atoms with Crippen LogP contribution in [0.2, 0.25) is 0 Å². The van der Waals surface area contributed by atoms with Crippen LogP contribution in [0.3, 0.4) is 0 Å². The van der Waals surface area contributed by atoms with Crippen LogP contribution in [-0.2, 0) is 23.7 Å². The number of hydrogen-bond acceptors (Lipinski definition) is 15. The Labute approximate surface area is 187 Å². The van der Waals surface area contributed by atoms with Gasteiger partial charge in [0.1, 0.15) is 67.1 Å². The van der Waals surface area contributed by atoms with Crippen molar-refractivity contribution < 1.29 is 74.7 Å². The van der Waals surface area contributed by atoms with Crippen LogP contribution in [0, 0.1) is 0 Å². The van der Waals surface area contributed by atoms with Crippen LogP contribution < -0.4 is 0 Å². The maximum atomic E-state index is 10.7. The van der Waals surface area contributed by atoms with Crippen LogP contribution in [0.5, 0.6) is 0 Å². The summed E-state index contributed by atoms with van der Waals surface area (Å²) < 4.78 is 26.4. The molecule has 10 N–H and O–H groups in total. The van der Waals surface area contributed by atoms with Gasteiger partial charge in [0.25, 0.3) is 0 Å². The number of hydrogen-bond donors (Lipinski definition) is 10. The molecule has 0 aromatic rings. The van der Waals surface area contributed by atoms with E-state index >= 15 is 0 Å². The van der Waals surface area contributed by atoms with Gasteiger partial charge < -0.3 is 74.7 Å². The van der Waals surface area contributed by atoms with Gasteiger partial charge in [-0.1, -0.05) is 0 Å². The summed E-state index contributed by atoms with van der Waals surface area (Å²) in [6.07, 6.45) is -23.9. The zero-order chi connectivity index (χ0) is 24.6. The van der Waals surface area contributed by atoms with E-state index in [2.05, 4.69) is 0 Å². The lowest BCUT2D eigenvalue weighted by molar-refractivity contribution is -0.376. The van der Waals surface area contributed by atoms with Gasteiger partial charge in [0.05, 0.1) is 19.3 Å². The Kier molecular flexibility index (Phi) is 8.99. The topological polar surface area (TPSA) is 248 Å². The first kappa shape index (κ1) is 27.0. The molecule has 3 rings (SSSR count). The van der Waals surface area contributed by atoms with Gasteiger partial charge >= 0.3 is 0 Å². The third-order valence-electron chi connectivity index (χ3n) is 6.05. The van der Waals surface area contributed by atoms with E-state index in [9.17, 15) is 51.1 Å². The Hall–Kier alpha value is -0.600. The molecule has 3 aliphatic rings. The van der Waals surface area contributed by atoms with Crippen molar-refractivity contribution in [1.29, 1.82) is 0 Å². The van der Waals surface area contributed by atoms with Gasteiger partial charge in [0, 0.05) is 0 Å². The molecule has 0 radical (unpaired) electrons. The molecule has 0 spiro atoms. The van der Waals surface area contributed by atoms with E-state index in [1.54, 1.807) is 0 Å². The molecule has 0 aliphatic carbocycles. The van der Waals surface area contributed by atoms with Gasteiger partial charge in [0.15, 0.2) is 18.9 Å². The predicted molar refractivity (Wildman–Crippen MR) is 99.8 cm³/mol. The lowest BCUT2D eigenvalue weighted by Crippen LogP contribution is -2.66. The summed E-state index contributed by atoms with van der Waals surface area (Å²) in [5.74, 6) is 0. The average molecular weight is 488 g/mol. The highest BCUT2D eigenvalue weighted by atomic mass is 16.7. The lowest BCUT2D eigenvalue weighted by atomic mass is 9.96. The van der Waals surface area contributed by atoms with Crippen molar-refractivity contribution in [3.05, 3.63) is 0 Å². The molecular weight excluding hydrogens is 456 g/mol. The second-order valence-electron chi connectivity index (χ2n) is 8.32. The maximum absolute atomic E-state index is 10.7. The Bertz CT molecular complexity index is 624. The minimum atomic E-state index is -1.82. The minimum Gasteiger partial charge on any atom is -0.394 e. The van der Waals surface area contributed by atoms with Crippen molar-refractivity contribution in [2.24, 2.45) is 0 Å². The fourth-order valence-electron chi connectivity index (χ4n) is 3.99. The van der Waals surface area contributed by atoms with E-state index in [1.165, 1.54) is 6.92 Å². The highest BCUT2D eigenvalue weighted by molar-refractivity contribution is 4.95. The molecular formula is C18H32O15. The molecule has 0 saturated carbocycles. The SMILES string of the molecule is C[C@@H]1O[C@@H](O[C@@H]2[C@@H](O)[C@H](O)O[C@H](CO)[C@H]2O)[C@H](O)[C@H](O[C@@H]2O[C@H](CO)[C@@H](O)[C@H](O)[C@H]2O)[C@H]1O. The first-order valence-corrected chi connectivity index (χ1v) is 10.4. The smallest absolute Gasteiger partial charge is 0.187 e. The first-order chi connectivity index (χ1) is 15.5. The predicted octanol–water partition coefficient (Wildman–Crippen LogP) is -6.55. The molecule has 0 aromatic heterocycles. The largest absolute Gasteiger partial charge is 0.394 e. The normalized spacial score (nSPS) is 53.7. The van der Waals surface area contributed by atoms with Gasteiger partial charge in [-0.3, -0.25) is 0 Å². The van der Waals surface area contributed by atoms with E-state index in [4.69, 9.17) is 23.7 Å². The summed E-state index contributed by atoms with van der Waals surface area (Å²) in [4.78, 5) is 0. The number of aliphatic hydroxyl groups excluding tert-OH is 10. The van der Waals surface area contributed by atoms with Gasteiger partial charge in [-0.2, -0.15) is 0 Å². The number of ether oxygens (including phenoxy) is 5. The summed E-state index contributed by atoms with van der Waals surface area (Å²) >= 11 is 0. The minimum absolute atomic E-state index is 0.711. The molecule has 0 unspecified atom stereocenters.